The van der Waals surface area contributed by atoms with E-state index in [2.05, 4.69) is 0 Å². The van der Waals surface area contributed by atoms with E-state index in [-0.39, 0.29) is 10.5 Å². The zero-order chi connectivity index (χ0) is 23.7. The van der Waals surface area contributed by atoms with E-state index in [1.165, 1.54) is 18.2 Å². The number of hydrogen-bond acceptors (Lipinski definition) is 1. The molecule has 3 aromatic carbocycles. The molecule has 0 N–H and O–H groups in total. The topological polar surface area (TPSA) is 0 Å². The van der Waals surface area contributed by atoms with Crippen LogP contribution in [0.3, 0.4) is 0 Å². The largest absolute Gasteiger partial charge is 0.203 e. The zero-order valence-electron chi connectivity index (χ0n) is 16.2. The molecule has 0 radical (unpaired) electrons. The Bertz CT molecular complexity index is 1160. The molecule has 0 aliphatic heterocycles. The van der Waals surface area contributed by atoms with Crippen molar-refractivity contribution in [3.63, 3.8) is 0 Å². The Morgan fingerprint density at radius 2 is 1.00 bits per heavy atom. The molecule has 0 heterocycles. The van der Waals surface area contributed by atoms with E-state index in [1.807, 2.05) is 6.92 Å². The lowest BCUT2D eigenvalue weighted by molar-refractivity contribution is 0.379. The van der Waals surface area contributed by atoms with Crippen molar-refractivity contribution in [1.29, 1.82) is 0 Å². The van der Waals surface area contributed by atoms with Crippen molar-refractivity contribution in [2.24, 2.45) is 0 Å². The van der Waals surface area contributed by atoms with Gasteiger partial charge in [0.15, 0.2) is 46.5 Å². The number of halogens is 9. The Labute approximate surface area is 181 Å². The van der Waals surface area contributed by atoms with Crippen LogP contribution >= 0.6 is 11.8 Å². The first-order valence-electron chi connectivity index (χ1n) is 9.23. The minimum absolute atomic E-state index is 0.204. The van der Waals surface area contributed by atoms with Crippen molar-refractivity contribution in [2.75, 3.05) is 5.75 Å². The van der Waals surface area contributed by atoms with Crippen LogP contribution in [0.5, 0.6) is 0 Å². The van der Waals surface area contributed by atoms with E-state index in [1.54, 1.807) is 0 Å². The molecule has 170 valence electrons. The third-order valence-corrected chi connectivity index (χ3v) is 5.80. The molecular formula is C22H13F9S. The lowest BCUT2D eigenvalue weighted by Gasteiger charge is -2.18. The highest BCUT2D eigenvalue weighted by molar-refractivity contribution is 7.99. The van der Waals surface area contributed by atoms with E-state index in [0.29, 0.717) is 12.2 Å². The Morgan fingerprint density at radius 1 is 0.562 bits per heavy atom. The molecule has 0 spiro atoms. The average molecular weight is 480 g/mol. The molecule has 0 saturated carbocycles. The van der Waals surface area contributed by atoms with E-state index < -0.39 is 69.0 Å². The second-order valence-electron chi connectivity index (χ2n) is 6.65. The molecule has 32 heavy (non-hydrogen) atoms. The van der Waals surface area contributed by atoms with Crippen LogP contribution in [0.4, 0.5) is 39.5 Å². The molecule has 0 fully saturated rings. The molecular weight excluding hydrogens is 467 g/mol. The standard InChI is InChI=1S/C22H13F9S/c1-2-3-8-32-10-7-5-4-6-9(10)11-12(15(24)19(28)18(27)14(11)23)13-16(25)20(29)22(31)21(30)17(13)26/h4-7H,2-3,8H2,1H3. The number of hydrogen-bond donors (Lipinski definition) is 0. The number of thioether (sulfide) groups is 1. The molecule has 0 amide bonds. The Kier molecular flexibility index (Phi) is 7.12. The number of unbranched alkanes of at least 4 members (excludes halogenated alkanes) is 1. The molecule has 0 unspecified atom stereocenters. The minimum atomic E-state index is -2.54. The molecule has 3 rings (SSSR count). The Balaban J connectivity index is 2.46. The van der Waals surface area contributed by atoms with Crippen molar-refractivity contribution in [2.45, 2.75) is 24.7 Å². The van der Waals surface area contributed by atoms with Crippen LogP contribution in [-0.4, -0.2) is 5.75 Å². The van der Waals surface area contributed by atoms with Gasteiger partial charge in [-0.1, -0.05) is 31.5 Å². The van der Waals surface area contributed by atoms with Gasteiger partial charge in [-0.25, -0.2) is 39.5 Å². The first-order chi connectivity index (χ1) is 15.1. The maximum Gasteiger partial charge on any atom is 0.200 e. The summed E-state index contributed by atoms with van der Waals surface area (Å²) in [7, 11) is 0. The summed E-state index contributed by atoms with van der Waals surface area (Å²) in [6, 6.07) is 5.35. The number of benzene rings is 3. The molecule has 0 atom stereocenters. The maximum atomic E-state index is 14.9. The third kappa shape index (κ3) is 3.96. The monoisotopic (exact) mass is 480 g/mol. The fraction of sp³-hybridized carbons (Fsp3) is 0.182. The third-order valence-electron chi connectivity index (χ3n) is 4.64. The predicted octanol–water partition coefficient (Wildman–Crippen LogP) is 8.16. The minimum Gasteiger partial charge on any atom is -0.203 e. The molecule has 0 bridgehead atoms. The molecule has 0 aliphatic carbocycles. The average Bonchev–Trinajstić information content (AvgIpc) is 2.79. The van der Waals surface area contributed by atoms with Crippen LogP contribution < -0.4 is 0 Å². The molecule has 3 aromatic rings. The summed E-state index contributed by atoms with van der Waals surface area (Å²) in [6.45, 7) is 1.89. The van der Waals surface area contributed by atoms with Gasteiger partial charge in [0.1, 0.15) is 0 Å². The summed E-state index contributed by atoms with van der Waals surface area (Å²) in [5.41, 5.74) is -4.98. The van der Waals surface area contributed by atoms with E-state index in [0.717, 1.165) is 24.2 Å². The molecule has 10 heteroatoms. The van der Waals surface area contributed by atoms with Gasteiger partial charge in [0.2, 0.25) is 5.82 Å². The quantitative estimate of drug-likeness (QED) is 0.113. The van der Waals surface area contributed by atoms with Gasteiger partial charge in [-0.15, -0.1) is 11.8 Å². The molecule has 0 saturated heterocycles. The highest BCUT2D eigenvalue weighted by Gasteiger charge is 2.35. The van der Waals surface area contributed by atoms with Gasteiger partial charge < -0.3 is 0 Å². The summed E-state index contributed by atoms with van der Waals surface area (Å²) in [5.74, 6) is -21.1. The van der Waals surface area contributed by atoms with Crippen LogP contribution in [0.15, 0.2) is 29.2 Å². The summed E-state index contributed by atoms with van der Waals surface area (Å²) >= 11 is 1.11. The number of rotatable bonds is 6. The van der Waals surface area contributed by atoms with Crippen LogP contribution in [-0.2, 0) is 0 Å². The van der Waals surface area contributed by atoms with Crippen LogP contribution in [0, 0.1) is 52.4 Å². The van der Waals surface area contributed by atoms with Gasteiger partial charge in [-0.3, -0.25) is 0 Å². The van der Waals surface area contributed by atoms with Crippen molar-refractivity contribution >= 4 is 11.8 Å². The first-order valence-corrected chi connectivity index (χ1v) is 10.2. The SMILES string of the molecule is CCCCSc1ccccc1-c1c(F)c(F)c(F)c(F)c1-c1c(F)c(F)c(F)c(F)c1F. The first kappa shape index (κ1) is 24.0. The van der Waals surface area contributed by atoms with E-state index in [4.69, 9.17) is 0 Å². The summed E-state index contributed by atoms with van der Waals surface area (Å²) in [5, 5.41) is 0. The van der Waals surface area contributed by atoms with Crippen molar-refractivity contribution < 1.29 is 39.5 Å². The summed E-state index contributed by atoms with van der Waals surface area (Å²) in [4.78, 5) is 0.204. The van der Waals surface area contributed by atoms with Crippen LogP contribution in [0.25, 0.3) is 22.3 Å². The van der Waals surface area contributed by atoms with Crippen LogP contribution in [0.2, 0.25) is 0 Å². The zero-order valence-corrected chi connectivity index (χ0v) is 17.1. The summed E-state index contributed by atoms with van der Waals surface area (Å²) < 4.78 is 128. The van der Waals surface area contributed by atoms with Crippen molar-refractivity contribution in [1.82, 2.24) is 0 Å². The molecule has 0 aliphatic rings. The fourth-order valence-electron chi connectivity index (χ4n) is 3.07. The second-order valence-corrected chi connectivity index (χ2v) is 7.79. The summed E-state index contributed by atoms with van der Waals surface area (Å²) in [6.07, 6.45) is 1.47. The maximum absolute atomic E-state index is 14.9. The van der Waals surface area contributed by atoms with Gasteiger partial charge in [-0.2, -0.15) is 0 Å². The second kappa shape index (κ2) is 9.48. The smallest absolute Gasteiger partial charge is 0.200 e. The van der Waals surface area contributed by atoms with Gasteiger partial charge in [0.25, 0.3) is 0 Å². The van der Waals surface area contributed by atoms with Crippen LogP contribution in [0.1, 0.15) is 19.8 Å². The molecule has 0 nitrogen and oxygen atoms in total. The van der Waals surface area contributed by atoms with Gasteiger partial charge in [-0.05, 0) is 23.8 Å². The fourth-order valence-corrected chi connectivity index (χ4v) is 4.22. The Morgan fingerprint density at radius 3 is 1.53 bits per heavy atom. The molecule has 0 aromatic heterocycles. The van der Waals surface area contributed by atoms with Crippen molar-refractivity contribution in [3.8, 4) is 22.3 Å². The lowest BCUT2D eigenvalue weighted by Crippen LogP contribution is -2.10. The highest BCUT2D eigenvalue weighted by Crippen LogP contribution is 2.45. The van der Waals surface area contributed by atoms with Gasteiger partial charge >= 0.3 is 0 Å². The van der Waals surface area contributed by atoms with Gasteiger partial charge in [0.05, 0.1) is 5.56 Å². The normalized spacial score (nSPS) is 11.3. The van der Waals surface area contributed by atoms with E-state index in [9.17, 15) is 39.5 Å². The van der Waals surface area contributed by atoms with E-state index >= 15 is 0 Å². The van der Waals surface area contributed by atoms with Crippen molar-refractivity contribution in [3.05, 3.63) is 76.6 Å². The Hall–Kier alpha value is -2.62. The highest BCUT2D eigenvalue weighted by atomic mass is 32.2. The lowest BCUT2D eigenvalue weighted by atomic mass is 9.92. The predicted molar refractivity (Wildman–Crippen MR) is 103 cm³/mol. The van der Waals surface area contributed by atoms with Gasteiger partial charge in [0, 0.05) is 16.0 Å².